The normalized spacial score (nSPS) is 32.8. The van der Waals surface area contributed by atoms with Gasteiger partial charge in [0, 0.05) is 38.3 Å². The number of hydrogen-bond acceptors (Lipinski definition) is 5. The van der Waals surface area contributed by atoms with Gasteiger partial charge >= 0.3 is 0 Å². The van der Waals surface area contributed by atoms with Crippen LogP contribution in [0, 0.1) is 0 Å². The molecule has 0 aromatic rings. The highest BCUT2D eigenvalue weighted by atomic mass is 16.5. The first-order valence-corrected chi connectivity index (χ1v) is 6.49. The maximum Gasteiger partial charge on any atom is 0.0791 e. The number of nitrogens with one attached hydrogen (secondary N) is 1. The molecule has 2 N–H and O–H groups in total. The number of nitrogens with zero attached hydrogens (tertiary/aromatic N) is 1. The summed E-state index contributed by atoms with van der Waals surface area (Å²) in [6.07, 6.45) is 0.711. The van der Waals surface area contributed by atoms with E-state index in [1.54, 1.807) is 0 Å². The lowest BCUT2D eigenvalue weighted by Gasteiger charge is -2.30. The van der Waals surface area contributed by atoms with Gasteiger partial charge in [-0.05, 0) is 13.3 Å². The van der Waals surface area contributed by atoms with Gasteiger partial charge in [-0.3, -0.25) is 4.90 Å². The summed E-state index contributed by atoms with van der Waals surface area (Å²) in [7, 11) is 0. The first kappa shape index (κ1) is 13.2. The Morgan fingerprint density at radius 1 is 1.29 bits per heavy atom. The summed E-state index contributed by atoms with van der Waals surface area (Å²) in [4.78, 5) is 2.25. The quantitative estimate of drug-likeness (QED) is 0.679. The van der Waals surface area contributed by atoms with E-state index in [1.165, 1.54) is 0 Å². The van der Waals surface area contributed by atoms with Crippen molar-refractivity contribution in [2.45, 2.75) is 25.0 Å². The Bertz CT molecular complexity index is 226. The lowest BCUT2D eigenvalue weighted by Crippen LogP contribution is -2.49. The van der Waals surface area contributed by atoms with Crippen molar-refractivity contribution in [3.63, 3.8) is 0 Å². The van der Waals surface area contributed by atoms with Crippen molar-refractivity contribution in [2.75, 3.05) is 52.6 Å². The van der Waals surface area contributed by atoms with E-state index in [1.807, 2.05) is 0 Å². The van der Waals surface area contributed by atoms with Gasteiger partial charge in [0.2, 0.25) is 0 Å². The van der Waals surface area contributed by atoms with E-state index in [0.29, 0.717) is 6.54 Å². The third-order valence-corrected chi connectivity index (χ3v) is 3.56. The second-order valence-corrected chi connectivity index (χ2v) is 5.31. The van der Waals surface area contributed by atoms with Crippen LogP contribution in [0.4, 0.5) is 0 Å². The molecule has 0 bridgehead atoms. The molecular weight excluding hydrogens is 220 g/mol. The van der Waals surface area contributed by atoms with E-state index in [0.717, 1.165) is 52.5 Å². The zero-order chi connectivity index (χ0) is 12.1. The Labute approximate surface area is 103 Å². The molecule has 0 radical (unpaired) electrons. The molecule has 5 heteroatoms. The molecule has 17 heavy (non-hydrogen) atoms. The SMILES string of the molecule is CC1(NCC(O)CN2CCOCC2)CCOC1. The highest BCUT2D eigenvalue weighted by molar-refractivity contribution is 4.87. The van der Waals surface area contributed by atoms with E-state index in [9.17, 15) is 5.11 Å². The Hall–Kier alpha value is -0.200. The number of hydrogen-bond donors (Lipinski definition) is 2. The molecule has 0 aromatic heterocycles. The van der Waals surface area contributed by atoms with Gasteiger partial charge in [0.1, 0.15) is 0 Å². The molecule has 2 rings (SSSR count). The van der Waals surface area contributed by atoms with Crippen LogP contribution in [0.25, 0.3) is 0 Å². The van der Waals surface area contributed by atoms with Crippen LogP contribution in [0.1, 0.15) is 13.3 Å². The van der Waals surface area contributed by atoms with Crippen LogP contribution in [0.5, 0.6) is 0 Å². The molecular formula is C12H24N2O3. The number of ether oxygens (including phenoxy) is 2. The smallest absolute Gasteiger partial charge is 0.0791 e. The van der Waals surface area contributed by atoms with Gasteiger partial charge in [-0.1, -0.05) is 0 Å². The first-order chi connectivity index (χ1) is 8.18. The van der Waals surface area contributed by atoms with Crippen LogP contribution in [-0.4, -0.2) is 74.3 Å². The van der Waals surface area contributed by atoms with Crippen molar-refractivity contribution in [2.24, 2.45) is 0 Å². The van der Waals surface area contributed by atoms with E-state index in [-0.39, 0.29) is 11.6 Å². The topological polar surface area (TPSA) is 54.0 Å². The van der Waals surface area contributed by atoms with Gasteiger partial charge in [-0.25, -0.2) is 0 Å². The molecule has 2 atom stereocenters. The third-order valence-electron chi connectivity index (χ3n) is 3.56. The molecule has 0 spiro atoms. The summed E-state index contributed by atoms with van der Waals surface area (Å²) in [5, 5.41) is 13.4. The maximum atomic E-state index is 9.99. The van der Waals surface area contributed by atoms with Gasteiger partial charge in [-0.2, -0.15) is 0 Å². The summed E-state index contributed by atoms with van der Waals surface area (Å²) < 4.78 is 10.7. The Balaban J connectivity index is 1.64. The molecule has 5 nitrogen and oxygen atoms in total. The van der Waals surface area contributed by atoms with E-state index in [4.69, 9.17) is 9.47 Å². The standard InChI is InChI=1S/C12H24N2O3/c1-12(2-5-17-10-12)13-8-11(15)9-14-3-6-16-7-4-14/h11,13,15H,2-10H2,1H3. The first-order valence-electron chi connectivity index (χ1n) is 6.49. The van der Waals surface area contributed by atoms with Crippen molar-refractivity contribution in [3.05, 3.63) is 0 Å². The van der Waals surface area contributed by atoms with Crippen LogP contribution in [0.15, 0.2) is 0 Å². The molecule has 2 unspecified atom stereocenters. The molecule has 0 aromatic carbocycles. The molecule has 2 aliphatic rings. The second-order valence-electron chi connectivity index (χ2n) is 5.31. The summed E-state index contributed by atoms with van der Waals surface area (Å²) in [5.41, 5.74) is 0.0476. The van der Waals surface area contributed by atoms with Gasteiger partial charge in [0.05, 0.1) is 25.9 Å². The lowest BCUT2D eigenvalue weighted by molar-refractivity contribution is 0.0134. The van der Waals surface area contributed by atoms with E-state index < -0.39 is 0 Å². The molecule has 2 fully saturated rings. The average molecular weight is 244 g/mol. The van der Waals surface area contributed by atoms with Crippen LogP contribution in [-0.2, 0) is 9.47 Å². The lowest BCUT2D eigenvalue weighted by atomic mass is 10.0. The van der Waals surface area contributed by atoms with Gasteiger partial charge < -0.3 is 19.9 Å². The van der Waals surface area contributed by atoms with Gasteiger partial charge in [-0.15, -0.1) is 0 Å². The fourth-order valence-electron chi connectivity index (χ4n) is 2.32. The van der Waals surface area contributed by atoms with Crippen molar-refractivity contribution in [1.82, 2.24) is 10.2 Å². The number of β-amino-alcohol motifs (C(OH)–C–C–N with tert-alkyl or cyclic N) is 1. The minimum Gasteiger partial charge on any atom is -0.390 e. The van der Waals surface area contributed by atoms with Crippen LogP contribution in [0.2, 0.25) is 0 Å². The molecule has 100 valence electrons. The maximum absolute atomic E-state index is 9.99. The largest absolute Gasteiger partial charge is 0.390 e. The second kappa shape index (κ2) is 6.11. The highest BCUT2D eigenvalue weighted by Crippen LogP contribution is 2.17. The van der Waals surface area contributed by atoms with Gasteiger partial charge in [0.15, 0.2) is 0 Å². The summed E-state index contributed by atoms with van der Waals surface area (Å²) in [6.45, 7) is 8.51. The highest BCUT2D eigenvalue weighted by Gasteiger charge is 2.29. The minimum atomic E-state index is -0.314. The molecule has 0 saturated carbocycles. The van der Waals surface area contributed by atoms with Crippen molar-refractivity contribution < 1.29 is 14.6 Å². The fourth-order valence-corrected chi connectivity index (χ4v) is 2.32. The molecule has 2 saturated heterocycles. The monoisotopic (exact) mass is 244 g/mol. The Morgan fingerprint density at radius 3 is 2.71 bits per heavy atom. The van der Waals surface area contributed by atoms with Crippen LogP contribution >= 0.6 is 0 Å². The predicted molar refractivity (Wildman–Crippen MR) is 65.1 cm³/mol. The van der Waals surface area contributed by atoms with E-state index >= 15 is 0 Å². The number of morpholine rings is 1. The average Bonchev–Trinajstić information content (AvgIpc) is 2.76. The zero-order valence-electron chi connectivity index (χ0n) is 10.7. The Kier molecular flexibility index (Phi) is 4.76. The zero-order valence-corrected chi connectivity index (χ0v) is 10.7. The third kappa shape index (κ3) is 4.19. The number of aliphatic hydroxyl groups is 1. The number of aliphatic hydroxyl groups excluding tert-OH is 1. The van der Waals surface area contributed by atoms with Crippen LogP contribution < -0.4 is 5.32 Å². The molecule has 0 aliphatic carbocycles. The summed E-state index contributed by atoms with van der Waals surface area (Å²) in [5.74, 6) is 0. The van der Waals surface area contributed by atoms with Crippen molar-refractivity contribution in [1.29, 1.82) is 0 Å². The van der Waals surface area contributed by atoms with Crippen molar-refractivity contribution >= 4 is 0 Å². The van der Waals surface area contributed by atoms with Crippen molar-refractivity contribution in [3.8, 4) is 0 Å². The number of rotatable bonds is 5. The molecule has 2 aliphatic heterocycles. The molecule has 2 heterocycles. The summed E-state index contributed by atoms with van der Waals surface area (Å²) in [6, 6.07) is 0. The van der Waals surface area contributed by atoms with Crippen LogP contribution in [0.3, 0.4) is 0 Å². The summed E-state index contributed by atoms with van der Waals surface area (Å²) >= 11 is 0. The van der Waals surface area contributed by atoms with Gasteiger partial charge in [0.25, 0.3) is 0 Å². The molecule has 0 amide bonds. The van der Waals surface area contributed by atoms with E-state index in [2.05, 4.69) is 17.1 Å². The minimum absolute atomic E-state index is 0.0476. The predicted octanol–water partition coefficient (Wildman–Crippen LogP) is -0.552. The fraction of sp³-hybridized carbons (Fsp3) is 1.00. The Morgan fingerprint density at radius 2 is 2.06 bits per heavy atom.